The van der Waals surface area contributed by atoms with Crippen LogP contribution in [0.2, 0.25) is 19.6 Å². The summed E-state index contributed by atoms with van der Waals surface area (Å²) in [6.07, 6.45) is 0. The first-order valence-corrected chi connectivity index (χ1v) is 16.1. The minimum absolute atomic E-state index is 0.0192. The topological polar surface area (TPSA) is 68.3 Å². The Kier molecular flexibility index (Phi) is 7.26. The first-order chi connectivity index (χ1) is 17.7. The van der Waals surface area contributed by atoms with Gasteiger partial charge in [0.25, 0.3) is 5.91 Å². The Morgan fingerprint density at radius 3 is 2.24 bits per heavy atom. The Morgan fingerprint density at radius 2 is 1.63 bits per heavy atom. The SMILES string of the molecule is Cc1c(-c2ccccc2)nc2ccc([Si](C)(C)C)cc2c1C(=O)Nc1ccc(C(=O)OC(C)(C)C)cc1F. The Morgan fingerprint density at radius 1 is 0.947 bits per heavy atom. The van der Waals surface area contributed by atoms with E-state index >= 15 is 4.39 Å². The maximum atomic E-state index is 15.1. The van der Waals surface area contributed by atoms with Crippen LogP contribution in [-0.4, -0.2) is 30.5 Å². The first-order valence-electron chi connectivity index (χ1n) is 12.6. The van der Waals surface area contributed by atoms with E-state index in [1.165, 1.54) is 17.3 Å². The van der Waals surface area contributed by atoms with E-state index in [1.54, 1.807) is 20.8 Å². The number of rotatable bonds is 5. The Bertz CT molecular complexity index is 1540. The average molecular weight is 529 g/mol. The van der Waals surface area contributed by atoms with Gasteiger partial charge in [0.1, 0.15) is 11.4 Å². The van der Waals surface area contributed by atoms with E-state index < -0.39 is 31.4 Å². The van der Waals surface area contributed by atoms with Crippen LogP contribution in [0.4, 0.5) is 10.1 Å². The van der Waals surface area contributed by atoms with Gasteiger partial charge in [0.2, 0.25) is 0 Å². The van der Waals surface area contributed by atoms with Crippen molar-refractivity contribution in [2.24, 2.45) is 0 Å². The molecule has 0 saturated heterocycles. The molecular formula is C31H33FN2O3Si. The molecule has 4 aromatic rings. The van der Waals surface area contributed by atoms with E-state index in [0.717, 1.165) is 17.0 Å². The van der Waals surface area contributed by atoms with Crippen LogP contribution in [0.1, 0.15) is 47.1 Å². The third kappa shape index (κ3) is 5.83. The number of esters is 1. The number of hydrogen-bond donors (Lipinski definition) is 1. The molecule has 0 aliphatic carbocycles. The minimum Gasteiger partial charge on any atom is -0.456 e. The van der Waals surface area contributed by atoms with Crippen molar-refractivity contribution in [3.8, 4) is 11.3 Å². The minimum atomic E-state index is -1.68. The molecule has 196 valence electrons. The molecule has 7 heteroatoms. The lowest BCUT2D eigenvalue weighted by atomic mass is 9.97. The number of nitrogens with one attached hydrogen (secondary N) is 1. The summed E-state index contributed by atoms with van der Waals surface area (Å²) >= 11 is 0. The van der Waals surface area contributed by atoms with Crippen molar-refractivity contribution in [3.05, 3.63) is 89.2 Å². The predicted octanol–water partition coefficient (Wildman–Crippen LogP) is 7.10. The summed E-state index contributed by atoms with van der Waals surface area (Å²) in [5, 5.41) is 4.65. The number of halogens is 1. The summed E-state index contributed by atoms with van der Waals surface area (Å²) in [6.45, 7) is 13.8. The van der Waals surface area contributed by atoms with Gasteiger partial charge in [-0.1, -0.05) is 67.3 Å². The molecular weight excluding hydrogens is 495 g/mol. The third-order valence-electron chi connectivity index (χ3n) is 6.22. The second-order valence-corrected chi connectivity index (χ2v) is 16.5. The zero-order chi connectivity index (χ0) is 27.8. The lowest BCUT2D eigenvalue weighted by Crippen LogP contribution is -2.37. The van der Waals surface area contributed by atoms with Crippen molar-refractivity contribution >= 4 is 41.7 Å². The van der Waals surface area contributed by atoms with Crippen molar-refractivity contribution in [1.82, 2.24) is 4.98 Å². The molecule has 0 bridgehead atoms. The van der Waals surface area contributed by atoms with Crippen LogP contribution in [-0.2, 0) is 4.74 Å². The van der Waals surface area contributed by atoms with Crippen LogP contribution in [0.3, 0.4) is 0 Å². The summed E-state index contributed by atoms with van der Waals surface area (Å²) < 4.78 is 20.4. The number of aromatic nitrogens is 1. The number of pyridine rings is 1. The highest BCUT2D eigenvalue weighted by molar-refractivity contribution is 6.88. The highest BCUT2D eigenvalue weighted by atomic mass is 28.3. The maximum Gasteiger partial charge on any atom is 0.338 e. The van der Waals surface area contributed by atoms with Gasteiger partial charge in [0.05, 0.1) is 36.1 Å². The standard InChI is InChI=1S/C31H33FN2O3Si/c1-19-27(29(35)34-26-15-13-21(17-24(26)32)30(36)37-31(2,3)4)23-18-22(38(5,6)7)14-16-25(23)33-28(19)20-11-9-8-10-12-20/h8-18H,1-7H3,(H,34,35). The summed E-state index contributed by atoms with van der Waals surface area (Å²) in [5.74, 6) is -1.79. The molecule has 1 aromatic heterocycles. The van der Waals surface area contributed by atoms with Gasteiger partial charge in [-0.25, -0.2) is 14.2 Å². The second kappa shape index (κ2) is 10.1. The van der Waals surface area contributed by atoms with E-state index in [2.05, 4.69) is 31.0 Å². The van der Waals surface area contributed by atoms with Crippen molar-refractivity contribution in [2.75, 3.05) is 5.32 Å². The molecule has 0 aliphatic rings. The molecule has 0 spiro atoms. The number of hydrogen-bond acceptors (Lipinski definition) is 4. The van der Waals surface area contributed by atoms with Crippen LogP contribution in [0.5, 0.6) is 0 Å². The van der Waals surface area contributed by atoms with E-state index in [-0.39, 0.29) is 11.3 Å². The lowest BCUT2D eigenvalue weighted by Gasteiger charge is -2.20. The van der Waals surface area contributed by atoms with Crippen molar-refractivity contribution in [2.45, 2.75) is 52.9 Å². The van der Waals surface area contributed by atoms with Crippen molar-refractivity contribution in [1.29, 1.82) is 0 Å². The molecule has 1 N–H and O–H groups in total. The predicted molar refractivity (Wildman–Crippen MR) is 154 cm³/mol. The van der Waals surface area contributed by atoms with E-state index in [9.17, 15) is 9.59 Å². The van der Waals surface area contributed by atoms with Crippen molar-refractivity contribution in [3.63, 3.8) is 0 Å². The maximum absolute atomic E-state index is 15.1. The molecule has 0 radical (unpaired) electrons. The fraction of sp³-hybridized carbons (Fsp3) is 0.258. The normalized spacial score (nSPS) is 11.9. The van der Waals surface area contributed by atoms with Gasteiger partial charge < -0.3 is 10.1 Å². The molecule has 0 saturated carbocycles. The number of anilines is 1. The summed E-state index contributed by atoms with van der Waals surface area (Å²) in [7, 11) is -1.68. The van der Waals surface area contributed by atoms with Crippen LogP contribution in [0.15, 0.2) is 66.7 Å². The Balaban J connectivity index is 1.80. The van der Waals surface area contributed by atoms with Gasteiger partial charge >= 0.3 is 5.97 Å². The van der Waals surface area contributed by atoms with Gasteiger partial charge in [0.15, 0.2) is 0 Å². The molecule has 0 atom stereocenters. The van der Waals surface area contributed by atoms with Gasteiger partial charge in [-0.2, -0.15) is 0 Å². The zero-order valence-electron chi connectivity index (χ0n) is 22.9. The number of carbonyl (C=O) groups excluding carboxylic acids is 2. The molecule has 3 aromatic carbocycles. The third-order valence-corrected chi connectivity index (χ3v) is 8.26. The molecule has 0 unspecified atom stereocenters. The number of fused-ring (bicyclic) bond motifs is 1. The number of nitrogens with zero attached hydrogens (tertiary/aromatic N) is 1. The van der Waals surface area contributed by atoms with E-state index in [1.807, 2.05) is 49.4 Å². The number of carbonyl (C=O) groups is 2. The largest absolute Gasteiger partial charge is 0.456 e. The first kappa shape index (κ1) is 27.2. The van der Waals surface area contributed by atoms with Crippen molar-refractivity contribution < 1.29 is 18.7 Å². The highest BCUT2D eigenvalue weighted by Crippen LogP contribution is 2.31. The highest BCUT2D eigenvalue weighted by Gasteiger charge is 2.24. The van der Waals surface area contributed by atoms with Crippen LogP contribution in [0, 0.1) is 12.7 Å². The molecule has 0 aliphatic heterocycles. The fourth-order valence-corrected chi connectivity index (χ4v) is 5.42. The summed E-state index contributed by atoms with van der Waals surface area (Å²) in [5.41, 5.74) is 2.80. The second-order valence-electron chi connectivity index (χ2n) is 11.5. The lowest BCUT2D eigenvalue weighted by molar-refractivity contribution is 0.00689. The number of benzene rings is 3. The quantitative estimate of drug-likeness (QED) is 0.222. The van der Waals surface area contributed by atoms with Gasteiger partial charge in [0, 0.05) is 10.9 Å². The monoisotopic (exact) mass is 528 g/mol. The molecule has 0 fully saturated rings. The fourth-order valence-electron chi connectivity index (χ4n) is 4.26. The van der Waals surface area contributed by atoms with Crippen LogP contribution >= 0.6 is 0 Å². The van der Waals surface area contributed by atoms with Gasteiger partial charge in [-0.05, 0) is 57.5 Å². The van der Waals surface area contributed by atoms with Gasteiger partial charge in [-0.3, -0.25) is 4.79 Å². The molecule has 1 heterocycles. The Labute approximate surface area is 224 Å². The smallest absolute Gasteiger partial charge is 0.338 e. The molecule has 38 heavy (non-hydrogen) atoms. The zero-order valence-corrected chi connectivity index (χ0v) is 23.9. The van der Waals surface area contributed by atoms with E-state index in [4.69, 9.17) is 9.72 Å². The number of ether oxygens (including phenoxy) is 1. The average Bonchev–Trinajstić information content (AvgIpc) is 2.83. The molecule has 1 amide bonds. The van der Waals surface area contributed by atoms with Crippen LogP contribution in [0.25, 0.3) is 22.2 Å². The Hall–Kier alpha value is -3.84. The van der Waals surface area contributed by atoms with Gasteiger partial charge in [-0.15, -0.1) is 0 Å². The summed E-state index contributed by atoms with van der Waals surface area (Å²) in [4.78, 5) is 31.0. The van der Waals surface area contributed by atoms with E-state index in [0.29, 0.717) is 22.3 Å². The number of amides is 1. The molecule has 4 rings (SSSR count). The van der Waals surface area contributed by atoms with Crippen LogP contribution < -0.4 is 10.5 Å². The molecule has 5 nitrogen and oxygen atoms in total. The summed E-state index contributed by atoms with van der Waals surface area (Å²) in [6, 6.07) is 19.7.